The highest BCUT2D eigenvalue weighted by atomic mass is 16.6. The predicted octanol–water partition coefficient (Wildman–Crippen LogP) is 2.13. The molecule has 1 unspecified atom stereocenters. The summed E-state index contributed by atoms with van der Waals surface area (Å²) in [5.41, 5.74) is 7.01. The van der Waals surface area contributed by atoms with Crippen LogP contribution in [-0.2, 0) is 20.9 Å². The third kappa shape index (κ3) is 8.00. The number of rotatable bonds is 9. The van der Waals surface area contributed by atoms with Gasteiger partial charge in [0.05, 0.1) is 30.4 Å². The Morgan fingerprint density at radius 3 is 2.66 bits per heavy atom. The normalized spacial score (nSPS) is 13.5. The smallest absolute Gasteiger partial charge is 0.408 e. The molecule has 0 radical (unpaired) electrons. The number of para-hydroxylation sites is 1. The molecule has 1 heterocycles. The van der Waals surface area contributed by atoms with E-state index in [-0.39, 0.29) is 12.2 Å². The number of ether oxygens (including phenoxy) is 3. The first-order valence-corrected chi connectivity index (χ1v) is 11.2. The molecule has 0 spiro atoms. The summed E-state index contributed by atoms with van der Waals surface area (Å²) in [6.45, 7) is 3.61. The molecule has 0 aliphatic carbocycles. The van der Waals surface area contributed by atoms with Crippen LogP contribution in [0.4, 0.5) is 10.5 Å². The van der Waals surface area contributed by atoms with Gasteiger partial charge in [-0.1, -0.05) is 36.4 Å². The van der Waals surface area contributed by atoms with Crippen molar-refractivity contribution >= 4 is 29.7 Å². The number of aliphatic imine (C=N–C) groups is 1. The number of hydrogen-bond acceptors (Lipinski definition) is 10. The Kier molecular flexibility index (Phi) is 9.43. The van der Waals surface area contributed by atoms with E-state index >= 15 is 0 Å². The molecule has 0 fully saturated rings. The van der Waals surface area contributed by atoms with Gasteiger partial charge in [0.2, 0.25) is 0 Å². The number of benzene rings is 2. The van der Waals surface area contributed by atoms with Crippen molar-refractivity contribution in [2.45, 2.75) is 32.5 Å². The van der Waals surface area contributed by atoms with Crippen molar-refractivity contribution in [3.05, 3.63) is 59.7 Å². The molecule has 2 aromatic carbocycles. The molecule has 2 aromatic rings. The van der Waals surface area contributed by atoms with E-state index < -0.39 is 30.6 Å². The fraction of sp³-hybridized carbons (Fsp3) is 0.333. The van der Waals surface area contributed by atoms with E-state index in [2.05, 4.69) is 20.9 Å². The molecule has 0 saturated heterocycles. The molecule has 0 saturated carbocycles. The molecule has 35 heavy (non-hydrogen) atoms. The number of alkyl carbamates (subject to hydrolysis) is 1. The molecule has 0 aromatic heterocycles. The number of anilines is 1. The van der Waals surface area contributed by atoms with E-state index in [1.165, 1.54) is 6.07 Å². The van der Waals surface area contributed by atoms with Crippen LogP contribution in [0.1, 0.15) is 35.7 Å². The van der Waals surface area contributed by atoms with Gasteiger partial charge in [0.25, 0.3) is 0 Å². The summed E-state index contributed by atoms with van der Waals surface area (Å²) in [5.74, 6) is -0.908. The van der Waals surface area contributed by atoms with Gasteiger partial charge in [-0.25, -0.2) is 9.59 Å². The first kappa shape index (κ1) is 25.5. The van der Waals surface area contributed by atoms with Gasteiger partial charge in [0.1, 0.15) is 12.4 Å². The molecule has 11 heteroatoms. The number of nitrogens with one attached hydrogen (secondary N) is 3. The molecule has 1 aliphatic rings. The average Bonchev–Trinajstić information content (AvgIpc) is 2.85. The Hall–Kier alpha value is -4.12. The lowest BCUT2D eigenvalue weighted by Gasteiger charge is -2.20. The Morgan fingerprint density at radius 2 is 1.94 bits per heavy atom. The SMILES string of the molecule is CCOc1cccc(C(=O)OC(=O)CC(N)NC(=O)OCc2ccccc2)c1NC1=NCCCN1. The largest absolute Gasteiger partial charge is 0.492 e. The second-order valence-electron chi connectivity index (χ2n) is 7.53. The number of nitrogens with two attached hydrogens (primary N) is 1. The summed E-state index contributed by atoms with van der Waals surface area (Å²) in [5, 5.41) is 8.49. The molecule has 3 rings (SSSR count). The molecular formula is C24H29N5O6. The van der Waals surface area contributed by atoms with Crippen molar-refractivity contribution < 1.29 is 28.6 Å². The Morgan fingerprint density at radius 1 is 1.14 bits per heavy atom. The van der Waals surface area contributed by atoms with E-state index in [1.54, 1.807) is 24.3 Å². The maximum atomic E-state index is 12.8. The lowest BCUT2D eigenvalue weighted by Crippen LogP contribution is -2.43. The quantitative estimate of drug-likeness (QED) is 0.239. The van der Waals surface area contributed by atoms with Gasteiger partial charge < -0.3 is 35.9 Å². The molecule has 1 atom stereocenters. The summed E-state index contributed by atoms with van der Waals surface area (Å²) in [4.78, 5) is 41.3. The first-order valence-electron chi connectivity index (χ1n) is 11.2. The van der Waals surface area contributed by atoms with Crippen molar-refractivity contribution in [2.24, 2.45) is 10.7 Å². The third-order valence-electron chi connectivity index (χ3n) is 4.80. The van der Waals surface area contributed by atoms with Gasteiger partial charge in [-0.3, -0.25) is 9.79 Å². The van der Waals surface area contributed by atoms with Crippen LogP contribution in [0.3, 0.4) is 0 Å². The zero-order valence-electron chi connectivity index (χ0n) is 19.4. The average molecular weight is 484 g/mol. The maximum absolute atomic E-state index is 12.8. The molecule has 186 valence electrons. The second-order valence-corrected chi connectivity index (χ2v) is 7.53. The van der Waals surface area contributed by atoms with Crippen molar-refractivity contribution in [2.75, 3.05) is 25.0 Å². The maximum Gasteiger partial charge on any atom is 0.408 e. The van der Waals surface area contributed by atoms with Crippen LogP contribution in [0.25, 0.3) is 0 Å². The monoisotopic (exact) mass is 483 g/mol. The van der Waals surface area contributed by atoms with Crippen LogP contribution in [0.15, 0.2) is 53.5 Å². The van der Waals surface area contributed by atoms with Gasteiger partial charge in [-0.15, -0.1) is 0 Å². The van der Waals surface area contributed by atoms with E-state index in [0.717, 1.165) is 18.5 Å². The van der Waals surface area contributed by atoms with E-state index in [1.807, 2.05) is 25.1 Å². The minimum absolute atomic E-state index is 0.0500. The summed E-state index contributed by atoms with van der Waals surface area (Å²) >= 11 is 0. The van der Waals surface area contributed by atoms with Crippen molar-refractivity contribution in [3.8, 4) is 5.75 Å². The number of amides is 1. The van der Waals surface area contributed by atoms with E-state index in [0.29, 0.717) is 30.5 Å². The highest BCUT2D eigenvalue weighted by molar-refractivity contribution is 6.06. The Bertz CT molecular complexity index is 1060. The summed E-state index contributed by atoms with van der Waals surface area (Å²) in [6.07, 6.45) is -1.44. The Balaban J connectivity index is 1.57. The van der Waals surface area contributed by atoms with E-state index in [9.17, 15) is 14.4 Å². The van der Waals surface area contributed by atoms with Gasteiger partial charge in [0, 0.05) is 13.1 Å². The first-order chi connectivity index (χ1) is 17.0. The standard InChI is InChI=1S/C24H29N5O6/c1-2-33-18-11-6-10-17(21(18)29-23-26-12-7-13-27-23)22(31)35-20(30)14-19(25)28-24(32)34-15-16-8-4-3-5-9-16/h3-6,8-11,19H,2,7,12-15,25H2,1H3,(H,28,32)(H2,26,27,29). The molecule has 5 N–H and O–H groups in total. The summed E-state index contributed by atoms with van der Waals surface area (Å²) < 4.78 is 15.7. The molecule has 0 bridgehead atoms. The minimum Gasteiger partial charge on any atom is -0.492 e. The molecular weight excluding hydrogens is 454 g/mol. The van der Waals surface area contributed by atoms with E-state index in [4.69, 9.17) is 19.9 Å². The van der Waals surface area contributed by atoms with Crippen molar-refractivity contribution in [1.29, 1.82) is 0 Å². The van der Waals surface area contributed by atoms with Crippen molar-refractivity contribution in [1.82, 2.24) is 10.6 Å². The highest BCUT2D eigenvalue weighted by Gasteiger charge is 2.23. The van der Waals surface area contributed by atoms with Crippen LogP contribution in [0, 0.1) is 0 Å². The van der Waals surface area contributed by atoms with Crippen LogP contribution in [-0.4, -0.2) is 49.9 Å². The second kappa shape index (κ2) is 12.9. The number of hydrogen-bond donors (Lipinski definition) is 4. The third-order valence-corrected chi connectivity index (χ3v) is 4.80. The summed E-state index contributed by atoms with van der Waals surface area (Å²) in [7, 11) is 0. The van der Waals surface area contributed by atoms with Gasteiger partial charge in [0.15, 0.2) is 5.96 Å². The van der Waals surface area contributed by atoms with Gasteiger partial charge >= 0.3 is 18.0 Å². The number of guanidine groups is 1. The number of esters is 2. The van der Waals surface area contributed by atoms with Gasteiger partial charge in [-0.2, -0.15) is 0 Å². The molecule has 11 nitrogen and oxygen atoms in total. The lowest BCUT2D eigenvalue weighted by molar-refractivity contribution is -0.138. The number of nitrogens with zero attached hydrogens (tertiary/aromatic N) is 1. The number of carbonyl (C=O) groups is 3. The minimum atomic E-state index is -1.10. The van der Waals surface area contributed by atoms with Crippen LogP contribution >= 0.6 is 0 Å². The topological polar surface area (TPSA) is 153 Å². The van der Waals surface area contributed by atoms with Gasteiger partial charge in [-0.05, 0) is 31.0 Å². The predicted molar refractivity (Wildman–Crippen MR) is 129 cm³/mol. The van der Waals surface area contributed by atoms with Crippen molar-refractivity contribution in [3.63, 3.8) is 0 Å². The molecule has 1 amide bonds. The van der Waals surface area contributed by atoms with Crippen LogP contribution in [0.2, 0.25) is 0 Å². The lowest BCUT2D eigenvalue weighted by atomic mass is 10.1. The fourth-order valence-electron chi connectivity index (χ4n) is 3.19. The van der Waals surface area contributed by atoms with Crippen LogP contribution in [0.5, 0.6) is 5.75 Å². The zero-order chi connectivity index (χ0) is 25.0. The molecule has 1 aliphatic heterocycles. The Labute approximate surface area is 203 Å². The summed E-state index contributed by atoms with van der Waals surface area (Å²) in [6, 6.07) is 13.9. The number of carbonyl (C=O) groups excluding carboxylic acids is 3. The fourth-order valence-corrected chi connectivity index (χ4v) is 3.19. The highest BCUT2D eigenvalue weighted by Crippen LogP contribution is 2.29. The van der Waals surface area contributed by atoms with Crippen LogP contribution < -0.4 is 26.4 Å². The zero-order valence-corrected chi connectivity index (χ0v) is 19.4.